The largest absolute Gasteiger partial charge is 0.398 e. The van der Waals surface area contributed by atoms with E-state index >= 15 is 0 Å². The molecule has 0 heterocycles. The van der Waals surface area contributed by atoms with Gasteiger partial charge in [-0.2, -0.15) is 0 Å². The zero-order valence-corrected chi connectivity index (χ0v) is 8.33. The molecular formula is C12H10ClN. The molecule has 0 aliphatic heterocycles. The monoisotopic (exact) mass is 203 g/mol. The van der Waals surface area contributed by atoms with Gasteiger partial charge in [0.15, 0.2) is 0 Å². The van der Waals surface area contributed by atoms with E-state index in [2.05, 4.69) is 0 Å². The first-order valence-electron chi connectivity index (χ1n) is 4.38. The third-order valence-electron chi connectivity index (χ3n) is 2.11. The Balaban J connectivity index is 2.58. The summed E-state index contributed by atoms with van der Waals surface area (Å²) >= 11 is 6.10. The molecule has 0 bridgehead atoms. The maximum Gasteiger partial charge on any atom is 0.0713 e. The van der Waals surface area contributed by atoms with E-state index in [1.165, 1.54) is 0 Å². The minimum Gasteiger partial charge on any atom is -0.398 e. The van der Waals surface area contributed by atoms with Crippen LogP contribution in [0, 0.1) is 0 Å². The van der Waals surface area contributed by atoms with Gasteiger partial charge in [0, 0.05) is 5.56 Å². The summed E-state index contributed by atoms with van der Waals surface area (Å²) in [7, 11) is 0. The SMILES string of the molecule is Nc1cccc(-c2ccccc2)c1Cl. The number of nitrogen functional groups attached to an aromatic ring is 1. The fourth-order valence-corrected chi connectivity index (χ4v) is 1.63. The number of rotatable bonds is 1. The van der Waals surface area contributed by atoms with Crippen molar-refractivity contribution >= 4 is 17.3 Å². The molecule has 0 amide bonds. The van der Waals surface area contributed by atoms with Gasteiger partial charge in [-0.05, 0) is 11.6 Å². The van der Waals surface area contributed by atoms with Crippen molar-refractivity contribution in [1.29, 1.82) is 0 Å². The van der Waals surface area contributed by atoms with Crippen molar-refractivity contribution in [3.63, 3.8) is 0 Å². The zero-order valence-electron chi connectivity index (χ0n) is 7.57. The second-order valence-electron chi connectivity index (χ2n) is 3.07. The van der Waals surface area contributed by atoms with Crippen LogP contribution in [0.4, 0.5) is 5.69 Å². The Morgan fingerprint density at radius 1 is 0.857 bits per heavy atom. The van der Waals surface area contributed by atoms with Crippen LogP contribution in [0.5, 0.6) is 0 Å². The Bertz CT molecular complexity index is 437. The van der Waals surface area contributed by atoms with Crippen molar-refractivity contribution in [3.8, 4) is 11.1 Å². The van der Waals surface area contributed by atoms with Crippen LogP contribution in [0.2, 0.25) is 5.02 Å². The first-order valence-corrected chi connectivity index (χ1v) is 4.76. The molecule has 2 N–H and O–H groups in total. The average molecular weight is 204 g/mol. The highest BCUT2D eigenvalue weighted by molar-refractivity contribution is 6.35. The van der Waals surface area contributed by atoms with Crippen LogP contribution in [-0.2, 0) is 0 Å². The molecule has 70 valence electrons. The van der Waals surface area contributed by atoms with Crippen LogP contribution in [0.3, 0.4) is 0 Å². The van der Waals surface area contributed by atoms with E-state index in [1.807, 2.05) is 42.5 Å². The summed E-state index contributed by atoms with van der Waals surface area (Å²) in [5, 5.41) is 0.624. The van der Waals surface area contributed by atoms with E-state index in [1.54, 1.807) is 6.07 Å². The number of anilines is 1. The lowest BCUT2D eigenvalue weighted by Crippen LogP contribution is -1.87. The van der Waals surface area contributed by atoms with Gasteiger partial charge in [-0.15, -0.1) is 0 Å². The molecule has 0 aliphatic rings. The van der Waals surface area contributed by atoms with Crippen LogP contribution in [0.25, 0.3) is 11.1 Å². The number of nitrogens with two attached hydrogens (primary N) is 1. The molecule has 0 atom stereocenters. The van der Waals surface area contributed by atoms with Gasteiger partial charge in [0.2, 0.25) is 0 Å². The molecule has 0 fully saturated rings. The van der Waals surface area contributed by atoms with Gasteiger partial charge in [-0.1, -0.05) is 54.1 Å². The van der Waals surface area contributed by atoms with Gasteiger partial charge in [-0.25, -0.2) is 0 Å². The Labute approximate surface area is 88.1 Å². The first kappa shape index (κ1) is 9.10. The van der Waals surface area contributed by atoms with Crippen LogP contribution in [0.15, 0.2) is 48.5 Å². The second kappa shape index (κ2) is 3.72. The second-order valence-corrected chi connectivity index (χ2v) is 3.45. The van der Waals surface area contributed by atoms with Crippen LogP contribution < -0.4 is 5.73 Å². The molecule has 2 rings (SSSR count). The predicted molar refractivity (Wildman–Crippen MR) is 61.3 cm³/mol. The van der Waals surface area contributed by atoms with Gasteiger partial charge in [0.1, 0.15) is 0 Å². The summed E-state index contributed by atoms with van der Waals surface area (Å²) in [5.41, 5.74) is 8.41. The highest BCUT2D eigenvalue weighted by Gasteiger charge is 2.04. The molecule has 2 heteroatoms. The van der Waals surface area contributed by atoms with Gasteiger partial charge in [-0.3, -0.25) is 0 Å². The standard InChI is InChI=1S/C12H10ClN/c13-12-10(7-4-8-11(12)14)9-5-2-1-3-6-9/h1-8H,14H2. The molecule has 0 saturated heterocycles. The number of hydrogen-bond donors (Lipinski definition) is 1. The summed E-state index contributed by atoms with van der Waals surface area (Å²) in [4.78, 5) is 0. The molecule has 0 radical (unpaired) electrons. The molecule has 0 aliphatic carbocycles. The lowest BCUT2D eigenvalue weighted by Gasteiger charge is -2.05. The molecule has 2 aromatic rings. The van der Waals surface area contributed by atoms with E-state index in [9.17, 15) is 0 Å². The Hall–Kier alpha value is -1.47. The third-order valence-corrected chi connectivity index (χ3v) is 2.54. The van der Waals surface area contributed by atoms with Crippen molar-refractivity contribution in [3.05, 3.63) is 53.6 Å². The maximum absolute atomic E-state index is 6.10. The van der Waals surface area contributed by atoms with Gasteiger partial charge >= 0.3 is 0 Å². The highest BCUT2D eigenvalue weighted by Crippen LogP contribution is 2.31. The lowest BCUT2D eigenvalue weighted by atomic mass is 10.1. The molecule has 0 spiro atoms. The highest BCUT2D eigenvalue weighted by atomic mass is 35.5. The maximum atomic E-state index is 6.10. The minimum atomic E-state index is 0.619. The summed E-state index contributed by atoms with van der Waals surface area (Å²) in [6.45, 7) is 0. The third kappa shape index (κ3) is 1.59. The van der Waals surface area contributed by atoms with Crippen molar-refractivity contribution in [2.45, 2.75) is 0 Å². The van der Waals surface area contributed by atoms with Crippen molar-refractivity contribution in [2.75, 3.05) is 5.73 Å². The normalized spacial score (nSPS) is 10.1. The predicted octanol–water partition coefficient (Wildman–Crippen LogP) is 3.59. The molecule has 1 nitrogen and oxygen atoms in total. The van der Waals surface area contributed by atoms with Crippen molar-refractivity contribution in [1.82, 2.24) is 0 Å². The Morgan fingerprint density at radius 3 is 2.29 bits per heavy atom. The molecule has 0 unspecified atom stereocenters. The molecule has 14 heavy (non-hydrogen) atoms. The van der Waals surface area contributed by atoms with Gasteiger partial charge in [0.25, 0.3) is 0 Å². The Morgan fingerprint density at radius 2 is 1.57 bits per heavy atom. The summed E-state index contributed by atoms with van der Waals surface area (Å²) in [6.07, 6.45) is 0. The molecule has 0 saturated carbocycles. The van der Waals surface area contributed by atoms with E-state index in [0.29, 0.717) is 10.7 Å². The van der Waals surface area contributed by atoms with E-state index in [0.717, 1.165) is 11.1 Å². The summed E-state index contributed by atoms with van der Waals surface area (Å²) in [5.74, 6) is 0. The minimum absolute atomic E-state index is 0.619. The van der Waals surface area contributed by atoms with Crippen LogP contribution in [0.1, 0.15) is 0 Å². The van der Waals surface area contributed by atoms with Gasteiger partial charge < -0.3 is 5.73 Å². The van der Waals surface area contributed by atoms with Crippen molar-refractivity contribution in [2.24, 2.45) is 0 Å². The Kier molecular flexibility index (Phi) is 2.42. The average Bonchev–Trinajstić information content (AvgIpc) is 2.23. The van der Waals surface area contributed by atoms with Gasteiger partial charge in [0.05, 0.1) is 10.7 Å². The van der Waals surface area contributed by atoms with Crippen LogP contribution in [-0.4, -0.2) is 0 Å². The van der Waals surface area contributed by atoms with Crippen LogP contribution >= 0.6 is 11.6 Å². The fourth-order valence-electron chi connectivity index (χ4n) is 1.39. The van der Waals surface area contributed by atoms with Crippen molar-refractivity contribution < 1.29 is 0 Å². The van der Waals surface area contributed by atoms with E-state index < -0.39 is 0 Å². The summed E-state index contributed by atoms with van der Waals surface area (Å²) in [6, 6.07) is 15.6. The molecular weight excluding hydrogens is 194 g/mol. The fraction of sp³-hybridized carbons (Fsp3) is 0. The van der Waals surface area contributed by atoms with E-state index in [4.69, 9.17) is 17.3 Å². The molecule has 0 aromatic heterocycles. The first-order chi connectivity index (χ1) is 6.79. The van der Waals surface area contributed by atoms with E-state index in [-0.39, 0.29) is 0 Å². The number of halogens is 1. The quantitative estimate of drug-likeness (QED) is 0.705. The molecule has 2 aromatic carbocycles. The number of benzene rings is 2. The topological polar surface area (TPSA) is 26.0 Å². The summed E-state index contributed by atoms with van der Waals surface area (Å²) < 4.78 is 0. The zero-order chi connectivity index (χ0) is 9.97. The number of hydrogen-bond acceptors (Lipinski definition) is 1. The lowest BCUT2D eigenvalue weighted by molar-refractivity contribution is 1.61. The smallest absolute Gasteiger partial charge is 0.0713 e.